The molecule has 0 spiro atoms. The van der Waals surface area contributed by atoms with Crippen LogP contribution in [0.5, 0.6) is 0 Å². The first-order valence-corrected chi connectivity index (χ1v) is 8.50. The number of aromatic nitrogens is 2. The van der Waals surface area contributed by atoms with Crippen LogP contribution in [-0.2, 0) is 6.54 Å². The number of ketones is 1. The zero-order valence-electron chi connectivity index (χ0n) is 13.1. The third kappa shape index (κ3) is 3.14. The molecule has 2 aliphatic carbocycles. The van der Waals surface area contributed by atoms with Crippen molar-refractivity contribution in [2.24, 2.45) is 5.92 Å². The molecule has 2 saturated carbocycles. The molecule has 120 valence electrons. The van der Waals surface area contributed by atoms with Gasteiger partial charge in [0.1, 0.15) is 0 Å². The second-order valence-corrected chi connectivity index (χ2v) is 6.55. The topological polar surface area (TPSA) is 68.0 Å². The molecule has 1 aromatic carbocycles. The molecule has 1 N–H and O–H groups in total. The molecule has 0 atom stereocenters. The van der Waals surface area contributed by atoms with Gasteiger partial charge in [0, 0.05) is 23.1 Å². The van der Waals surface area contributed by atoms with Crippen LogP contribution in [0.2, 0.25) is 0 Å². The Hall–Kier alpha value is -2.17. The molecule has 2 fully saturated rings. The van der Waals surface area contributed by atoms with Gasteiger partial charge in [-0.15, -0.1) is 10.2 Å². The summed E-state index contributed by atoms with van der Waals surface area (Å²) in [5.74, 6) is 2.23. The van der Waals surface area contributed by atoms with Crippen molar-refractivity contribution in [1.29, 1.82) is 0 Å². The SMILES string of the molecule is O=C(c1ccccc1NCc1nnc(C2CC2)o1)C1CCCC1. The summed E-state index contributed by atoms with van der Waals surface area (Å²) in [7, 11) is 0. The average molecular weight is 311 g/mol. The molecule has 0 radical (unpaired) electrons. The van der Waals surface area contributed by atoms with E-state index in [0.29, 0.717) is 18.4 Å². The number of carbonyl (C=O) groups is 1. The second-order valence-electron chi connectivity index (χ2n) is 6.55. The number of carbonyl (C=O) groups excluding carboxylic acids is 1. The van der Waals surface area contributed by atoms with Crippen molar-refractivity contribution >= 4 is 11.5 Å². The lowest BCUT2D eigenvalue weighted by atomic mass is 9.95. The van der Waals surface area contributed by atoms with Crippen molar-refractivity contribution < 1.29 is 9.21 Å². The van der Waals surface area contributed by atoms with Crippen LogP contribution in [-0.4, -0.2) is 16.0 Å². The van der Waals surface area contributed by atoms with Crippen LogP contribution in [0.1, 0.15) is 66.6 Å². The molecular weight excluding hydrogens is 290 g/mol. The molecule has 4 rings (SSSR count). The Morgan fingerprint density at radius 1 is 1.13 bits per heavy atom. The molecule has 0 bridgehead atoms. The molecular formula is C18H21N3O2. The summed E-state index contributed by atoms with van der Waals surface area (Å²) in [5, 5.41) is 11.5. The fraction of sp³-hybridized carbons (Fsp3) is 0.500. The van der Waals surface area contributed by atoms with Gasteiger partial charge in [0.2, 0.25) is 11.8 Å². The van der Waals surface area contributed by atoms with Crippen molar-refractivity contribution in [1.82, 2.24) is 10.2 Å². The minimum absolute atomic E-state index is 0.183. The van der Waals surface area contributed by atoms with Gasteiger partial charge >= 0.3 is 0 Å². The first-order valence-electron chi connectivity index (χ1n) is 8.50. The van der Waals surface area contributed by atoms with Crippen LogP contribution in [0.25, 0.3) is 0 Å². The summed E-state index contributed by atoms with van der Waals surface area (Å²) in [6.07, 6.45) is 6.65. The maximum atomic E-state index is 12.7. The van der Waals surface area contributed by atoms with E-state index in [1.807, 2.05) is 24.3 Å². The first kappa shape index (κ1) is 14.4. The molecule has 0 unspecified atom stereocenters. The number of nitrogens with one attached hydrogen (secondary N) is 1. The van der Waals surface area contributed by atoms with Crippen molar-refractivity contribution in [3.63, 3.8) is 0 Å². The van der Waals surface area contributed by atoms with Gasteiger partial charge < -0.3 is 9.73 Å². The van der Waals surface area contributed by atoms with E-state index >= 15 is 0 Å². The summed E-state index contributed by atoms with van der Waals surface area (Å²) < 4.78 is 5.66. The van der Waals surface area contributed by atoms with Crippen molar-refractivity contribution in [2.45, 2.75) is 51.0 Å². The molecule has 5 heteroatoms. The van der Waals surface area contributed by atoms with E-state index in [1.165, 1.54) is 0 Å². The zero-order valence-corrected chi connectivity index (χ0v) is 13.1. The van der Waals surface area contributed by atoms with Gasteiger partial charge in [0.25, 0.3) is 0 Å². The molecule has 2 aromatic rings. The standard InChI is InChI=1S/C18H21N3O2/c22-17(12-5-1-2-6-12)14-7-3-4-8-15(14)19-11-16-20-21-18(23-16)13-9-10-13/h3-4,7-8,12-13,19H,1-2,5-6,9-11H2. The maximum Gasteiger partial charge on any atom is 0.235 e. The number of para-hydroxylation sites is 1. The van der Waals surface area contributed by atoms with Crippen LogP contribution < -0.4 is 5.32 Å². The first-order chi connectivity index (χ1) is 11.3. The minimum atomic E-state index is 0.183. The minimum Gasteiger partial charge on any atom is -0.423 e. The van der Waals surface area contributed by atoms with Crippen LogP contribution in [0.4, 0.5) is 5.69 Å². The highest BCUT2D eigenvalue weighted by Crippen LogP contribution is 2.39. The van der Waals surface area contributed by atoms with Gasteiger partial charge in [-0.1, -0.05) is 25.0 Å². The number of benzene rings is 1. The van der Waals surface area contributed by atoms with E-state index < -0.39 is 0 Å². The normalized spacial score (nSPS) is 18.3. The van der Waals surface area contributed by atoms with Gasteiger partial charge in [-0.05, 0) is 37.8 Å². The number of rotatable bonds is 6. The van der Waals surface area contributed by atoms with E-state index in [2.05, 4.69) is 15.5 Å². The number of Topliss-reactive ketones (excluding diaryl/α,β-unsaturated/α-hetero) is 1. The van der Waals surface area contributed by atoms with Crippen molar-refractivity contribution in [2.75, 3.05) is 5.32 Å². The van der Waals surface area contributed by atoms with Crippen LogP contribution in [0.15, 0.2) is 28.7 Å². The largest absolute Gasteiger partial charge is 0.423 e. The highest BCUT2D eigenvalue weighted by Gasteiger charge is 2.29. The molecule has 2 aliphatic rings. The van der Waals surface area contributed by atoms with Crippen LogP contribution >= 0.6 is 0 Å². The fourth-order valence-electron chi connectivity index (χ4n) is 3.26. The molecule has 0 saturated heterocycles. The molecule has 0 aliphatic heterocycles. The van der Waals surface area contributed by atoms with Gasteiger partial charge in [0.15, 0.2) is 5.78 Å². The van der Waals surface area contributed by atoms with Gasteiger partial charge in [-0.2, -0.15) is 0 Å². The van der Waals surface area contributed by atoms with E-state index in [0.717, 1.165) is 55.7 Å². The van der Waals surface area contributed by atoms with E-state index in [9.17, 15) is 4.79 Å². The molecule has 23 heavy (non-hydrogen) atoms. The molecule has 1 aromatic heterocycles. The highest BCUT2D eigenvalue weighted by molar-refractivity contribution is 6.02. The quantitative estimate of drug-likeness (QED) is 0.819. The number of anilines is 1. The molecule has 1 heterocycles. The van der Waals surface area contributed by atoms with Gasteiger partial charge in [0.05, 0.1) is 6.54 Å². The predicted octanol–water partition coefficient (Wildman–Crippen LogP) is 3.93. The zero-order chi connectivity index (χ0) is 15.6. The van der Waals surface area contributed by atoms with Gasteiger partial charge in [-0.3, -0.25) is 4.79 Å². The lowest BCUT2D eigenvalue weighted by molar-refractivity contribution is 0.0923. The number of hydrogen-bond donors (Lipinski definition) is 1. The Labute approximate surface area is 135 Å². The summed E-state index contributed by atoms with van der Waals surface area (Å²) >= 11 is 0. The Kier molecular flexibility index (Phi) is 3.85. The number of hydrogen-bond acceptors (Lipinski definition) is 5. The lowest BCUT2D eigenvalue weighted by Crippen LogP contribution is -2.14. The average Bonchev–Trinajstić information content (AvgIpc) is 3.11. The van der Waals surface area contributed by atoms with Crippen molar-refractivity contribution in [3.05, 3.63) is 41.6 Å². The lowest BCUT2D eigenvalue weighted by Gasteiger charge is -2.13. The maximum absolute atomic E-state index is 12.7. The summed E-state index contributed by atoms with van der Waals surface area (Å²) in [6.45, 7) is 0.453. The monoisotopic (exact) mass is 311 g/mol. The Bertz CT molecular complexity index is 700. The summed E-state index contributed by atoms with van der Waals surface area (Å²) in [5.41, 5.74) is 1.64. The summed E-state index contributed by atoms with van der Waals surface area (Å²) in [4.78, 5) is 12.7. The molecule has 0 amide bonds. The Balaban J connectivity index is 1.46. The predicted molar refractivity (Wildman–Crippen MR) is 86.3 cm³/mol. The fourth-order valence-corrected chi connectivity index (χ4v) is 3.26. The Morgan fingerprint density at radius 2 is 1.91 bits per heavy atom. The van der Waals surface area contributed by atoms with Gasteiger partial charge in [-0.25, -0.2) is 0 Å². The smallest absolute Gasteiger partial charge is 0.235 e. The van der Waals surface area contributed by atoms with E-state index in [-0.39, 0.29) is 11.7 Å². The van der Waals surface area contributed by atoms with Crippen LogP contribution in [0, 0.1) is 5.92 Å². The van der Waals surface area contributed by atoms with Crippen molar-refractivity contribution in [3.8, 4) is 0 Å². The third-order valence-electron chi connectivity index (χ3n) is 4.76. The second kappa shape index (κ2) is 6.14. The highest BCUT2D eigenvalue weighted by atomic mass is 16.4. The third-order valence-corrected chi connectivity index (χ3v) is 4.76. The van der Waals surface area contributed by atoms with E-state index in [4.69, 9.17) is 4.42 Å². The summed E-state index contributed by atoms with van der Waals surface area (Å²) in [6, 6.07) is 7.72. The Morgan fingerprint density at radius 3 is 2.70 bits per heavy atom. The van der Waals surface area contributed by atoms with Crippen LogP contribution in [0.3, 0.4) is 0 Å². The number of nitrogens with zero attached hydrogens (tertiary/aromatic N) is 2. The van der Waals surface area contributed by atoms with E-state index in [1.54, 1.807) is 0 Å². The molecule has 5 nitrogen and oxygen atoms in total.